The van der Waals surface area contributed by atoms with Crippen molar-refractivity contribution in [1.29, 1.82) is 0 Å². The van der Waals surface area contributed by atoms with E-state index in [2.05, 4.69) is 96.1 Å². The molecule has 6 aromatic rings. The van der Waals surface area contributed by atoms with Gasteiger partial charge in [-0.25, -0.2) is 9.10 Å². The molecular weight excluding hydrogens is 764 g/mol. The summed E-state index contributed by atoms with van der Waals surface area (Å²) < 4.78 is 22.6. The Bertz CT molecular complexity index is 2190. The monoisotopic (exact) mass is 810 g/mol. The first-order valence-corrected chi connectivity index (χ1v) is 20.2. The highest BCUT2D eigenvalue weighted by Crippen LogP contribution is 2.39. The summed E-state index contributed by atoms with van der Waals surface area (Å²) in [5.41, 5.74) is 13.3. The number of piperazine rings is 1. The standard InChI is InChI=1S/C42H47BrN6O4S/c1-2-51-42(50)41-34(14-7-26-52-38-15-5-10-29-9-3-4-11-32(29)38)33-12-6-13-35(40(33)49(41)21-8-20-44)39-36(27-43)45-46-37(39)28-53-31-18-16-30(17-19-31)47-22-24-48(54)25-23-47/h3-6,9-13,15-19,54H,2,7-8,14,20-28,44H2,1H3,(H,45,46). The van der Waals surface area contributed by atoms with Gasteiger partial charge in [0, 0.05) is 65.6 Å². The zero-order chi connectivity index (χ0) is 37.4. The Hall–Kier alpha value is -4.49. The predicted octanol–water partition coefficient (Wildman–Crippen LogP) is 8.16. The number of alkyl halides is 1. The number of nitrogens with two attached hydrogens (primary N) is 1. The average molecular weight is 812 g/mol. The molecule has 2 aromatic heterocycles. The normalized spacial score (nSPS) is 13.5. The van der Waals surface area contributed by atoms with Crippen LogP contribution in [-0.2, 0) is 29.6 Å². The lowest BCUT2D eigenvalue weighted by Gasteiger charge is -2.33. The van der Waals surface area contributed by atoms with Gasteiger partial charge in [0.15, 0.2) is 0 Å². The van der Waals surface area contributed by atoms with Gasteiger partial charge < -0.3 is 29.4 Å². The van der Waals surface area contributed by atoms with Gasteiger partial charge in [-0.05, 0) is 74.0 Å². The summed E-state index contributed by atoms with van der Waals surface area (Å²) in [5, 5.41) is 11.7. The Labute approximate surface area is 330 Å². The fourth-order valence-electron chi connectivity index (χ4n) is 7.40. The van der Waals surface area contributed by atoms with Gasteiger partial charge in [-0.2, -0.15) is 5.10 Å². The fourth-order valence-corrected chi connectivity index (χ4v) is 7.98. The number of carbonyl (C=O) groups is 1. The number of rotatable bonds is 16. The molecule has 10 nitrogen and oxygen atoms in total. The summed E-state index contributed by atoms with van der Waals surface area (Å²) in [6.45, 7) is 7.67. The van der Waals surface area contributed by atoms with Crippen molar-refractivity contribution in [1.82, 2.24) is 19.1 Å². The van der Waals surface area contributed by atoms with Gasteiger partial charge in [-0.3, -0.25) is 5.10 Å². The fraction of sp³-hybridized carbons (Fsp3) is 0.333. The number of aryl methyl sites for hydroxylation is 2. The van der Waals surface area contributed by atoms with Crippen LogP contribution in [0.2, 0.25) is 0 Å². The lowest BCUT2D eigenvalue weighted by Crippen LogP contribution is -2.42. The molecule has 1 aliphatic rings. The predicted molar refractivity (Wildman–Crippen MR) is 223 cm³/mol. The summed E-state index contributed by atoms with van der Waals surface area (Å²) in [4.78, 5) is 16.2. The number of nitrogens with one attached hydrogen (secondary N) is 1. The number of esters is 1. The van der Waals surface area contributed by atoms with Crippen LogP contribution in [0.1, 0.15) is 47.2 Å². The quantitative estimate of drug-likeness (QED) is 0.0389. The van der Waals surface area contributed by atoms with E-state index in [1.54, 1.807) is 0 Å². The molecule has 3 heterocycles. The highest BCUT2D eigenvalue weighted by Gasteiger charge is 2.27. The van der Waals surface area contributed by atoms with Gasteiger partial charge in [0.25, 0.3) is 0 Å². The van der Waals surface area contributed by atoms with E-state index in [0.717, 1.165) is 87.4 Å². The molecule has 282 valence electrons. The third kappa shape index (κ3) is 8.12. The van der Waals surface area contributed by atoms with Crippen molar-refractivity contribution in [2.45, 2.75) is 44.7 Å². The Morgan fingerprint density at radius 1 is 0.926 bits per heavy atom. The molecule has 0 atom stereocenters. The Kier molecular flexibility index (Phi) is 12.4. The first-order valence-electron chi connectivity index (χ1n) is 18.7. The van der Waals surface area contributed by atoms with Crippen LogP contribution in [0, 0.1) is 0 Å². The molecule has 0 unspecified atom stereocenters. The Balaban J connectivity index is 1.20. The molecule has 1 fully saturated rings. The zero-order valence-corrected chi connectivity index (χ0v) is 33.1. The van der Waals surface area contributed by atoms with Crippen LogP contribution in [-0.4, -0.2) is 71.0 Å². The number of fused-ring (bicyclic) bond motifs is 2. The van der Waals surface area contributed by atoms with Gasteiger partial charge in [0.2, 0.25) is 0 Å². The first-order chi connectivity index (χ1) is 26.5. The number of carbonyl (C=O) groups excluding carboxylic acids is 1. The van der Waals surface area contributed by atoms with Crippen molar-refractivity contribution < 1.29 is 19.0 Å². The number of H-pyrrole nitrogens is 1. The van der Waals surface area contributed by atoms with Crippen molar-refractivity contribution >= 4 is 62.1 Å². The van der Waals surface area contributed by atoms with Gasteiger partial charge in [-0.15, -0.1) is 0 Å². The van der Waals surface area contributed by atoms with Gasteiger partial charge in [0.05, 0.1) is 30.1 Å². The minimum absolute atomic E-state index is 0.276. The van der Waals surface area contributed by atoms with Gasteiger partial charge in [-0.1, -0.05) is 83.3 Å². The second kappa shape index (κ2) is 17.8. The summed E-state index contributed by atoms with van der Waals surface area (Å²) in [5.74, 6) is 1.29. The van der Waals surface area contributed by atoms with E-state index in [1.165, 1.54) is 5.69 Å². The van der Waals surface area contributed by atoms with E-state index in [9.17, 15) is 4.79 Å². The van der Waals surface area contributed by atoms with E-state index in [-0.39, 0.29) is 19.2 Å². The molecule has 0 spiro atoms. The number of aromatic nitrogens is 3. The molecule has 0 radical (unpaired) electrons. The molecule has 54 heavy (non-hydrogen) atoms. The Morgan fingerprint density at radius 2 is 1.69 bits per heavy atom. The summed E-state index contributed by atoms with van der Waals surface area (Å²) >= 11 is 8.16. The summed E-state index contributed by atoms with van der Waals surface area (Å²) in [6.07, 6.45) is 2.03. The number of benzene rings is 4. The van der Waals surface area contributed by atoms with Crippen LogP contribution in [0.5, 0.6) is 11.5 Å². The minimum Gasteiger partial charge on any atom is -0.493 e. The van der Waals surface area contributed by atoms with E-state index in [0.29, 0.717) is 50.0 Å². The summed E-state index contributed by atoms with van der Waals surface area (Å²) in [6, 6.07) is 28.8. The van der Waals surface area contributed by atoms with E-state index >= 15 is 0 Å². The van der Waals surface area contributed by atoms with Crippen molar-refractivity contribution in [3.63, 3.8) is 0 Å². The molecule has 0 aliphatic carbocycles. The van der Waals surface area contributed by atoms with Gasteiger partial charge >= 0.3 is 5.97 Å². The second-order valence-corrected chi connectivity index (χ2v) is 14.5. The van der Waals surface area contributed by atoms with Crippen LogP contribution < -0.4 is 20.1 Å². The number of aromatic amines is 1. The molecule has 12 heteroatoms. The van der Waals surface area contributed by atoms with Crippen LogP contribution in [0.4, 0.5) is 5.69 Å². The largest absolute Gasteiger partial charge is 0.493 e. The lowest BCUT2D eigenvalue weighted by molar-refractivity contribution is 0.0512. The second-order valence-electron chi connectivity index (χ2n) is 13.4. The SMILES string of the molecule is CCOC(=O)c1c(CCCOc2cccc3ccccc23)c2cccc(-c3c(CBr)n[nH]c3COc3ccc(N4CCN(S)CC4)cc3)c2n1CCCN. The van der Waals surface area contributed by atoms with E-state index in [4.69, 9.17) is 25.0 Å². The number of para-hydroxylation sites is 1. The maximum Gasteiger partial charge on any atom is 0.355 e. The van der Waals surface area contributed by atoms with E-state index in [1.807, 2.05) is 43.3 Å². The van der Waals surface area contributed by atoms with Crippen LogP contribution in [0.25, 0.3) is 32.8 Å². The third-order valence-corrected chi connectivity index (χ3v) is 10.9. The topological polar surface area (TPSA) is 111 Å². The molecule has 7 rings (SSSR count). The molecular formula is C42H47BrN6O4S. The molecule has 0 saturated carbocycles. The summed E-state index contributed by atoms with van der Waals surface area (Å²) in [7, 11) is 0. The maximum atomic E-state index is 13.8. The number of anilines is 1. The zero-order valence-electron chi connectivity index (χ0n) is 30.6. The first kappa shape index (κ1) is 37.8. The van der Waals surface area contributed by atoms with Crippen molar-refractivity contribution in [2.24, 2.45) is 5.73 Å². The van der Waals surface area contributed by atoms with E-state index < -0.39 is 0 Å². The lowest BCUT2D eigenvalue weighted by atomic mass is 9.98. The average Bonchev–Trinajstić information content (AvgIpc) is 3.77. The highest BCUT2D eigenvalue weighted by atomic mass is 79.9. The number of nitrogens with zero attached hydrogens (tertiary/aromatic N) is 4. The number of halogens is 1. The van der Waals surface area contributed by atoms with Crippen LogP contribution in [0.3, 0.4) is 0 Å². The van der Waals surface area contributed by atoms with Crippen LogP contribution >= 0.6 is 28.7 Å². The molecule has 4 aromatic carbocycles. The molecule has 0 bridgehead atoms. The third-order valence-electron chi connectivity index (χ3n) is 9.97. The molecule has 3 N–H and O–H groups in total. The number of thiol groups is 1. The van der Waals surface area contributed by atoms with Crippen LogP contribution in [0.15, 0.2) is 84.9 Å². The van der Waals surface area contributed by atoms with Crippen molar-refractivity contribution in [2.75, 3.05) is 50.8 Å². The molecule has 1 saturated heterocycles. The maximum absolute atomic E-state index is 13.8. The van der Waals surface area contributed by atoms with Crippen molar-refractivity contribution in [3.05, 3.63) is 108 Å². The number of hydrogen-bond acceptors (Lipinski definition) is 9. The number of ether oxygens (including phenoxy) is 3. The molecule has 0 amide bonds. The minimum atomic E-state index is -0.339. The number of hydrogen-bond donors (Lipinski definition) is 3. The Morgan fingerprint density at radius 3 is 2.46 bits per heavy atom. The molecule has 1 aliphatic heterocycles. The van der Waals surface area contributed by atoms with Crippen molar-refractivity contribution in [3.8, 4) is 22.6 Å². The smallest absolute Gasteiger partial charge is 0.355 e. The van der Waals surface area contributed by atoms with Gasteiger partial charge in [0.1, 0.15) is 23.8 Å². The highest BCUT2D eigenvalue weighted by molar-refractivity contribution is 9.08.